The number of rotatable bonds is 17. The number of hydrogen-bond donors (Lipinski definition) is 1. The molecule has 4 aromatic carbocycles. The summed E-state index contributed by atoms with van der Waals surface area (Å²) in [6.45, 7) is 1.14. The zero-order valence-corrected chi connectivity index (χ0v) is 23.4. The van der Waals surface area contributed by atoms with Crippen molar-refractivity contribution in [2.45, 2.75) is 32.0 Å². The molecule has 0 saturated carbocycles. The van der Waals surface area contributed by atoms with Crippen molar-refractivity contribution in [1.29, 1.82) is 0 Å². The van der Waals surface area contributed by atoms with Crippen LogP contribution < -0.4 is 4.74 Å². The van der Waals surface area contributed by atoms with Gasteiger partial charge in [-0.05, 0) is 34.6 Å². The Labute approximate surface area is 242 Å². The van der Waals surface area contributed by atoms with Crippen LogP contribution in [0.2, 0.25) is 0 Å². The minimum Gasteiger partial charge on any atom is -0.493 e. The highest BCUT2D eigenvalue weighted by Crippen LogP contribution is 2.23. The molecule has 0 saturated heterocycles. The van der Waals surface area contributed by atoms with E-state index in [0.717, 1.165) is 22.4 Å². The molecule has 208 valence electrons. The number of ketones is 1. The van der Waals surface area contributed by atoms with Gasteiger partial charge in [0.1, 0.15) is 18.5 Å². The summed E-state index contributed by atoms with van der Waals surface area (Å²) in [5, 5.41) is 0. The number of carbonyl (C=O) groups is 1. The van der Waals surface area contributed by atoms with Gasteiger partial charge in [-0.25, -0.2) is 0 Å². The van der Waals surface area contributed by atoms with Gasteiger partial charge in [0.05, 0.1) is 32.5 Å². The lowest BCUT2D eigenvalue weighted by molar-refractivity contribution is -0.156. The number of carbonyl (C=O) groups excluding carboxylic acids is 1. The predicted molar refractivity (Wildman–Crippen MR) is 160 cm³/mol. The summed E-state index contributed by atoms with van der Waals surface area (Å²) in [5.74, 6) is 0.771. The lowest BCUT2D eigenvalue weighted by Crippen LogP contribution is -2.47. The van der Waals surface area contributed by atoms with Crippen molar-refractivity contribution >= 4 is 18.4 Å². The first-order valence-corrected chi connectivity index (χ1v) is 14.1. The normalized spacial score (nSPS) is 13.3. The van der Waals surface area contributed by atoms with E-state index in [-0.39, 0.29) is 24.9 Å². The standard InChI is InChI=1S/C34H36O5S/c35-32(25-36-21-27-13-5-1-6-14-27)34(39-23-29-17-9-3-10-18-29)33(38-22-28-15-7-2-8-16-28)30(26-40)24-37-31-19-11-4-12-20-31/h1-20,30,33-34,40H,21-26H2. The molecule has 0 aliphatic carbocycles. The second-order valence-corrected chi connectivity index (χ2v) is 9.85. The monoisotopic (exact) mass is 556 g/mol. The SMILES string of the molecule is O=C(COCc1ccccc1)C(OCc1ccccc1)C(OCc1ccccc1)C(CS)COc1ccccc1. The first-order chi connectivity index (χ1) is 19.7. The lowest BCUT2D eigenvalue weighted by Gasteiger charge is -2.32. The Morgan fingerprint density at radius 1 is 0.625 bits per heavy atom. The van der Waals surface area contributed by atoms with E-state index >= 15 is 0 Å². The molecule has 0 amide bonds. The van der Waals surface area contributed by atoms with Gasteiger partial charge < -0.3 is 18.9 Å². The van der Waals surface area contributed by atoms with Crippen LogP contribution in [0.4, 0.5) is 0 Å². The van der Waals surface area contributed by atoms with Crippen LogP contribution in [0.3, 0.4) is 0 Å². The van der Waals surface area contributed by atoms with Gasteiger partial charge in [0.15, 0.2) is 5.78 Å². The minimum absolute atomic E-state index is 0.0988. The summed E-state index contributed by atoms with van der Waals surface area (Å²) < 4.78 is 24.7. The Morgan fingerprint density at radius 2 is 1.10 bits per heavy atom. The highest BCUT2D eigenvalue weighted by molar-refractivity contribution is 7.80. The molecule has 5 nitrogen and oxygen atoms in total. The third kappa shape index (κ3) is 9.65. The van der Waals surface area contributed by atoms with Gasteiger partial charge in [-0.1, -0.05) is 109 Å². The zero-order valence-electron chi connectivity index (χ0n) is 22.5. The summed E-state index contributed by atoms with van der Waals surface area (Å²) >= 11 is 4.64. The Balaban J connectivity index is 1.53. The first kappa shape index (κ1) is 29.6. The van der Waals surface area contributed by atoms with Crippen molar-refractivity contribution in [2.75, 3.05) is 19.0 Å². The molecule has 0 spiro atoms. The Morgan fingerprint density at radius 3 is 1.62 bits per heavy atom. The van der Waals surface area contributed by atoms with Crippen LogP contribution in [0.1, 0.15) is 16.7 Å². The van der Waals surface area contributed by atoms with Gasteiger partial charge in [-0.15, -0.1) is 0 Å². The number of Topliss-reactive ketones (excluding diaryl/α,β-unsaturated/α-hetero) is 1. The molecule has 3 unspecified atom stereocenters. The van der Waals surface area contributed by atoms with Crippen molar-refractivity contribution < 1.29 is 23.7 Å². The molecule has 0 aliphatic rings. The maximum atomic E-state index is 13.7. The Kier molecular flexibility index (Phi) is 12.3. The van der Waals surface area contributed by atoms with E-state index in [4.69, 9.17) is 18.9 Å². The summed E-state index contributed by atoms with van der Waals surface area (Å²) in [6.07, 6.45) is -1.49. The summed E-state index contributed by atoms with van der Waals surface area (Å²) in [4.78, 5) is 13.7. The van der Waals surface area contributed by atoms with Gasteiger partial charge in [0.2, 0.25) is 0 Å². The zero-order chi connectivity index (χ0) is 27.8. The van der Waals surface area contributed by atoms with Crippen molar-refractivity contribution in [2.24, 2.45) is 5.92 Å². The van der Waals surface area contributed by atoms with E-state index in [1.165, 1.54) is 0 Å². The molecule has 0 heterocycles. The number of ether oxygens (including phenoxy) is 4. The third-order valence-corrected chi connectivity index (χ3v) is 6.90. The quantitative estimate of drug-likeness (QED) is 0.149. The summed E-state index contributed by atoms with van der Waals surface area (Å²) in [5.41, 5.74) is 2.97. The second-order valence-electron chi connectivity index (χ2n) is 9.49. The molecule has 40 heavy (non-hydrogen) atoms. The average Bonchev–Trinajstić information content (AvgIpc) is 3.01. The van der Waals surface area contributed by atoms with Crippen LogP contribution in [0.25, 0.3) is 0 Å². The summed E-state index contributed by atoms with van der Waals surface area (Å²) in [7, 11) is 0. The van der Waals surface area contributed by atoms with Gasteiger partial charge in [0, 0.05) is 5.92 Å². The predicted octanol–water partition coefficient (Wildman–Crippen LogP) is 6.57. The summed E-state index contributed by atoms with van der Waals surface area (Å²) in [6, 6.07) is 39.1. The number of para-hydroxylation sites is 1. The molecule has 0 radical (unpaired) electrons. The number of benzene rings is 4. The molecule has 0 aromatic heterocycles. The molecule has 4 rings (SSSR count). The second kappa shape index (κ2) is 16.6. The molecule has 3 atom stereocenters. The smallest absolute Gasteiger partial charge is 0.189 e. The van der Waals surface area contributed by atoms with E-state index in [0.29, 0.717) is 25.6 Å². The first-order valence-electron chi connectivity index (χ1n) is 13.5. The van der Waals surface area contributed by atoms with Crippen LogP contribution >= 0.6 is 12.6 Å². The van der Waals surface area contributed by atoms with Crippen LogP contribution in [0, 0.1) is 5.92 Å². The lowest BCUT2D eigenvalue weighted by atomic mass is 9.96. The largest absolute Gasteiger partial charge is 0.493 e. The fourth-order valence-corrected chi connectivity index (χ4v) is 4.58. The fourth-order valence-electron chi connectivity index (χ4n) is 4.27. The van der Waals surface area contributed by atoms with Gasteiger partial charge >= 0.3 is 0 Å². The van der Waals surface area contributed by atoms with Gasteiger partial charge in [-0.3, -0.25) is 4.79 Å². The maximum Gasteiger partial charge on any atom is 0.189 e. The molecule has 6 heteroatoms. The highest BCUT2D eigenvalue weighted by Gasteiger charge is 2.36. The molecule has 0 aliphatic heterocycles. The van der Waals surface area contributed by atoms with Crippen LogP contribution in [-0.4, -0.2) is 37.0 Å². The van der Waals surface area contributed by atoms with Crippen molar-refractivity contribution in [3.63, 3.8) is 0 Å². The number of thiol groups is 1. The van der Waals surface area contributed by atoms with E-state index in [1.807, 2.05) is 121 Å². The van der Waals surface area contributed by atoms with Crippen molar-refractivity contribution in [1.82, 2.24) is 0 Å². The molecular weight excluding hydrogens is 520 g/mol. The van der Waals surface area contributed by atoms with Crippen LogP contribution in [0.15, 0.2) is 121 Å². The van der Waals surface area contributed by atoms with Crippen molar-refractivity contribution in [3.05, 3.63) is 138 Å². The molecule has 0 bridgehead atoms. The van der Waals surface area contributed by atoms with E-state index in [2.05, 4.69) is 12.6 Å². The van der Waals surface area contributed by atoms with Gasteiger partial charge in [-0.2, -0.15) is 12.6 Å². The van der Waals surface area contributed by atoms with E-state index < -0.39 is 12.2 Å². The molecule has 4 aromatic rings. The fraction of sp³-hybridized carbons (Fsp3) is 0.265. The molecule has 0 fully saturated rings. The number of hydrogen-bond acceptors (Lipinski definition) is 6. The topological polar surface area (TPSA) is 54.0 Å². The minimum atomic E-state index is -0.879. The van der Waals surface area contributed by atoms with E-state index in [1.54, 1.807) is 0 Å². The van der Waals surface area contributed by atoms with Crippen LogP contribution in [0.5, 0.6) is 5.75 Å². The Hall–Kier alpha value is -3.42. The van der Waals surface area contributed by atoms with Crippen molar-refractivity contribution in [3.8, 4) is 5.75 Å². The maximum absolute atomic E-state index is 13.7. The third-order valence-electron chi connectivity index (χ3n) is 6.44. The molecule has 0 N–H and O–H groups in total. The highest BCUT2D eigenvalue weighted by atomic mass is 32.1. The van der Waals surface area contributed by atoms with Crippen LogP contribution in [-0.2, 0) is 38.8 Å². The van der Waals surface area contributed by atoms with E-state index in [9.17, 15) is 4.79 Å². The van der Waals surface area contributed by atoms with Gasteiger partial charge in [0.25, 0.3) is 0 Å². The average molecular weight is 557 g/mol. The molecular formula is C34H36O5S. The Bertz CT molecular complexity index is 1240.